The fourth-order valence-electron chi connectivity index (χ4n) is 2.66. The van der Waals surface area contributed by atoms with E-state index < -0.39 is 5.97 Å². The molecular formula is C21H20ClNO5. The van der Waals surface area contributed by atoms with Crippen molar-refractivity contribution in [2.45, 2.75) is 13.8 Å². The fraction of sp³-hybridized carbons (Fsp3) is 0.238. The Morgan fingerprint density at radius 3 is 2.46 bits per heavy atom. The molecule has 6 nitrogen and oxygen atoms in total. The summed E-state index contributed by atoms with van der Waals surface area (Å²) < 4.78 is 21.5. The molecule has 7 heteroatoms. The summed E-state index contributed by atoms with van der Waals surface area (Å²) in [6, 6.07) is 10.6. The molecule has 0 unspecified atom stereocenters. The number of hydrogen-bond acceptors (Lipinski definition) is 6. The van der Waals surface area contributed by atoms with Crippen LogP contribution in [0.4, 0.5) is 0 Å². The zero-order valence-corrected chi connectivity index (χ0v) is 16.6. The van der Waals surface area contributed by atoms with Crippen LogP contribution in [-0.2, 0) is 9.53 Å². The highest BCUT2D eigenvalue weighted by molar-refractivity contribution is 6.32. The normalized spacial score (nSPS) is 14.6. The lowest BCUT2D eigenvalue weighted by Gasteiger charge is -2.11. The van der Waals surface area contributed by atoms with E-state index in [9.17, 15) is 4.79 Å². The number of benzene rings is 2. The second-order valence-corrected chi connectivity index (χ2v) is 6.17. The van der Waals surface area contributed by atoms with Crippen molar-refractivity contribution in [2.75, 3.05) is 20.3 Å². The summed E-state index contributed by atoms with van der Waals surface area (Å²) in [7, 11) is 1.52. The smallest absolute Gasteiger partial charge is 0.363 e. The van der Waals surface area contributed by atoms with E-state index in [1.165, 1.54) is 7.11 Å². The average molecular weight is 402 g/mol. The Labute approximate surface area is 168 Å². The molecule has 0 radical (unpaired) electrons. The Hall–Kier alpha value is -2.99. The van der Waals surface area contributed by atoms with Gasteiger partial charge in [-0.2, -0.15) is 0 Å². The molecule has 0 amide bonds. The summed E-state index contributed by atoms with van der Waals surface area (Å²) in [5.74, 6) is 1.38. The third-order valence-corrected chi connectivity index (χ3v) is 4.16. The number of halogens is 1. The van der Waals surface area contributed by atoms with E-state index in [2.05, 4.69) is 4.99 Å². The van der Waals surface area contributed by atoms with Crippen LogP contribution in [0.3, 0.4) is 0 Å². The number of hydrogen-bond donors (Lipinski definition) is 0. The SMILES string of the molecule is CCOc1ccc(C2=N/C(=C/c3cc(Cl)c(OCC)c(OC)c3)C(=O)O2)cc1. The number of aliphatic imine (C=N–C) groups is 1. The van der Waals surface area contributed by atoms with Crippen LogP contribution in [0.15, 0.2) is 47.1 Å². The molecule has 146 valence electrons. The van der Waals surface area contributed by atoms with Gasteiger partial charge in [0.15, 0.2) is 17.2 Å². The lowest BCUT2D eigenvalue weighted by molar-refractivity contribution is -0.129. The van der Waals surface area contributed by atoms with Gasteiger partial charge in [-0.25, -0.2) is 9.79 Å². The average Bonchev–Trinajstić information content (AvgIpc) is 3.05. The first-order valence-electron chi connectivity index (χ1n) is 8.81. The van der Waals surface area contributed by atoms with Crippen molar-refractivity contribution in [3.63, 3.8) is 0 Å². The van der Waals surface area contributed by atoms with Crippen molar-refractivity contribution in [1.82, 2.24) is 0 Å². The third-order valence-electron chi connectivity index (χ3n) is 3.88. The second kappa shape index (κ2) is 8.80. The summed E-state index contributed by atoms with van der Waals surface area (Å²) in [6.45, 7) is 4.81. The predicted octanol–water partition coefficient (Wildman–Crippen LogP) is 4.49. The molecule has 3 rings (SSSR count). The van der Waals surface area contributed by atoms with E-state index in [1.807, 2.05) is 13.8 Å². The molecule has 1 aliphatic rings. The maximum Gasteiger partial charge on any atom is 0.363 e. The second-order valence-electron chi connectivity index (χ2n) is 5.76. The maximum atomic E-state index is 12.2. The van der Waals surface area contributed by atoms with Crippen molar-refractivity contribution in [3.05, 3.63) is 58.2 Å². The van der Waals surface area contributed by atoms with Crippen LogP contribution in [0.1, 0.15) is 25.0 Å². The van der Waals surface area contributed by atoms with Gasteiger partial charge in [0.05, 0.1) is 25.3 Å². The molecule has 0 bridgehead atoms. The van der Waals surface area contributed by atoms with Crippen molar-refractivity contribution in [2.24, 2.45) is 4.99 Å². The van der Waals surface area contributed by atoms with Gasteiger partial charge in [-0.3, -0.25) is 0 Å². The summed E-state index contributed by atoms with van der Waals surface area (Å²) in [6.07, 6.45) is 1.59. The lowest BCUT2D eigenvalue weighted by Crippen LogP contribution is -2.05. The minimum Gasteiger partial charge on any atom is -0.494 e. The van der Waals surface area contributed by atoms with E-state index in [4.69, 9.17) is 30.5 Å². The Kier molecular flexibility index (Phi) is 6.21. The summed E-state index contributed by atoms with van der Waals surface area (Å²) in [5, 5.41) is 0.384. The van der Waals surface area contributed by atoms with E-state index >= 15 is 0 Å². The van der Waals surface area contributed by atoms with Crippen molar-refractivity contribution in [3.8, 4) is 17.2 Å². The van der Waals surface area contributed by atoms with Crippen LogP contribution >= 0.6 is 11.6 Å². The highest BCUT2D eigenvalue weighted by atomic mass is 35.5. The molecule has 0 aliphatic carbocycles. The molecule has 1 heterocycles. The topological polar surface area (TPSA) is 66.3 Å². The van der Waals surface area contributed by atoms with Crippen LogP contribution in [0.2, 0.25) is 5.02 Å². The Morgan fingerprint density at radius 1 is 1.11 bits per heavy atom. The Morgan fingerprint density at radius 2 is 1.82 bits per heavy atom. The van der Waals surface area contributed by atoms with Gasteiger partial charge in [-0.15, -0.1) is 0 Å². The van der Waals surface area contributed by atoms with Gasteiger partial charge in [0.25, 0.3) is 0 Å². The number of esters is 1. The number of ether oxygens (including phenoxy) is 4. The number of carbonyl (C=O) groups is 1. The van der Waals surface area contributed by atoms with Crippen LogP contribution in [0, 0.1) is 0 Å². The number of cyclic esters (lactones) is 1. The highest BCUT2D eigenvalue weighted by Crippen LogP contribution is 2.37. The van der Waals surface area contributed by atoms with Gasteiger partial charge >= 0.3 is 5.97 Å². The Balaban J connectivity index is 1.89. The van der Waals surface area contributed by atoms with Crippen molar-refractivity contribution in [1.29, 1.82) is 0 Å². The standard InChI is InChI=1S/C21H20ClNO5/c1-4-26-15-8-6-14(7-9-15)20-23-17(21(24)28-20)11-13-10-16(22)19(27-5-2)18(12-13)25-3/h6-12H,4-5H2,1-3H3/b17-11+. The molecule has 0 aromatic heterocycles. The van der Waals surface area contributed by atoms with Crippen LogP contribution < -0.4 is 14.2 Å². The van der Waals surface area contributed by atoms with Crippen LogP contribution in [0.5, 0.6) is 17.2 Å². The number of rotatable bonds is 7. The molecule has 2 aromatic carbocycles. The first-order chi connectivity index (χ1) is 13.5. The van der Waals surface area contributed by atoms with E-state index in [0.29, 0.717) is 40.9 Å². The van der Waals surface area contributed by atoms with Gasteiger partial charge in [0, 0.05) is 5.56 Å². The zero-order valence-electron chi connectivity index (χ0n) is 15.8. The first-order valence-corrected chi connectivity index (χ1v) is 9.19. The first kappa shape index (κ1) is 19.8. The summed E-state index contributed by atoms with van der Waals surface area (Å²) in [5.41, 5.74) is 1.50. The van der Waals surface area contributed by atoms with Crippen molar-refractivity contribution >= 4 is 29.5 Å². The van der Waals surface area contributed by atoms with E-state index in [1.54, 1.807) is 42.5 Å². The molecule has 0 fully saturated rings. The zero-order chi connectivity index (χ0) is 20.1. The molecule has 2 aromatic rings. The molecule has 0 N–H and O–H groups in total. The minimum absolute atomic E-state index is 0.172. The highest BCUT2D eigenvalue weighted by Gasteiger charge is 2.24. The molecule has 0 atom stereocenters. The molecular weight excluding hydrogens is 382 g/mol. The predicted molar refractivity (Wildman–Crippen MR) is 107 cm³/mol. The summed E-state index contributed by atoms with van der Waals surface area (Å²) in [4.78, 5) is 16.5. The minimum atomic E-state index is -0.534. The molecule has 28 heavy (non-hydrogen) atoms. The fourth-order valence-corrected chi connectivity index (χ4v) is 2.93. The third kappa shape index (κ3) is 4.28. The van der Waals surface area contributed by atoms with Gasteiger partial charge in [-0.05, 0) is 61.9 Å². The van der Waals surface area contributed by atoms with E-state index in [0.717, 1.165) is 5.75 Å². The lowest BCUT2D eigenvalue weighted by atomic mass is 10.1. The summed E-state index contributed by atoms with van der Waals surface area (Å²) >= 11 is 6.28. The quantitative estimate of drug-likeness (QED) is 0.505. The monoisotopic (exact) mass is 401 g/mol. The van der Waals surface area contributed by atoms with Gasteiger partial charge < -0.3 is 18.9 Å². The number of methoxy groups -OCH3 is 1. The molecule has 0 saturated heterocycles. The molecule has 0 saturated carbocycles. The largest absolute Gasteiger partial charge is 0.494 e. The van der Waals surface area contributed by atoms with Gasteiger partial charge in [0.1, 0.15) is 5.75 Å². The van der Waals surface area contributed by atoms with Crippen molar-refractivity contribution < 1.29 is 23.7 Å². The van der Waals surface area contributed by atoms with Crippen LogP contribution in [0.25, 0.3) is 6.08 Å². The van der Waals surface area contributed by atoms with E-state index in [-0.39, 0.29) is 11.6 Å². The maximum absolute atomic E-state index is 12.2. The van der Waals surface area contributed by atoms with Gasteiger partial charge in [-0.1, -0.05) is 11.6 Å². The van der Waals surface area contributed by atoms with Gasteiger partial charge in [0.2, 0.25) is 5.90 Å². The number of nitrogens with zero attached hydrogens (tertiary/aromatic N) is 1. The van der Waals surface area contributed by atoms with Crippen LogP contribution in [-0.4, -0.2) is 32.2 Å². The molecule has 1 aliphatic heterocycles. The number of carbonyl (C=O) groups excluding carboxylic acids is 1. The molecule has 0 spiro atoms. The Bertz CT molecular complexity index is 935.